The predicted molar refractivity (Wildman–Crippen MR) is 87.2 cm³/mol. The van der Waals surface area contributed by atoms with Gasteiger partial charge in [0.2, 0.25) is 5.76 Å². The summed E-state index contributed by atoms with van der Waals surface area (Å²) in [5.41, 5.74) is 2.55. The van der Waals surface area contributed by atoms with Crippen molar-refractivity contribution in [1.82, 2.24) is 0 Å². The van der Waals surface area contributed by atoms with Gasteiger partial charge >= 0.3 is 5.97 Å². The summed E-state index contributed by atoms with van der Waals surface area (Å²) in [7, 11) is 1.56. The Hall–Kier alpha value is -3.10. The highest BCUT2D eigenvalue weighted by Gasteiger charge is 2.21. The number of nitriles is 1. The van der Waals surface area contributed by atoms with E-state index in [0.717, 1.165) is 10.9 Å². The molecule has 0 radical (unpaired) electrons. The molecule has 0 saturated carbocycles. The number of hydrogen-bond acceptors (Lipinski definition) is 5. The first kappa shape index (κ1) is 15.8. The van der Waals surface area contributed by atoms with Gasteiger partial charge in [-0.3, -0.25) is 0 Å². The summed E-state index contributed by atoms with van der Waals surface area (Å²) in [6.45, 7) is 0.323. The van der Waals surface area contributed by atoms with E-state index < -0.39 is 5.97 Å². The molecular weight excluding hydrogens is 306 g/mol. The molecule has 2 aromatic carbocycles. The molecule has 24 heavy (non-hydrogen) atoms. The van der Waals surface area contributed by atoms with Crippen LogP contribution in [0.5, 0.6) is 0 Å². The number of carbonyl (C=O) groups excluding carboxylic acids is 1. The fourth-order valence-electron chi connectivity index (χ4n) is 2.50. The molecular formula is C19H15NO4. The molecule has 3 rings (SSSR count). The Morgan fingerprint density at radius 3 is 2.79 bits per heavy atom. The zero-order valence-corrected chi connectivity index (χ0v) is 13.1. The van der Waals surface area contributed by atoms with Gasteiger partial charge in [0, 0.05) is 18.1 Å². The smallest absolute Gasteiger partial charge is 0.374 e. The number of hydrogen-bond donors (Lipinski definition) is 0. The molecule has 1 heterocycles. The molecule has 0 bridgehead atoms. The SMILES string of the molecule is COCc1c(C(=O)OCc2cccc(C#N)c2)oc2ccccc12. The Morgan fingerprint density at radius 2 is 2.00 bits per heavy atom. The van der Waals surface area contributed by atoms with Crippen molar-refractivity contribution < 1.29 is 18.7 Å². The van der Waals surface area contributed by atoms with Gasteiger partial charge in [0.05, 0.1) is 18.2 Å². The number of rotatable bonds is 5. The topological polar surface area (TPSA) is 72.5 Å². The van der Waals surface area contributed by atoms with Crippen molar-refractivity contribution in [3.05, 3.63) is 71.0 Å². The van der Waals surface area contributed by atoms with E-state index >= 15 is 0 Å². The molecule has 1 aromatic heterocycles. The average Bonchev–Trinajstić information content (AvgIpc) is 2.99. The zero-order chi connectivity index (χ0) is 16.9. The Kier molecular flexibility index (Phi) is 4.59. The number of methoxy groups -OCH3 is 1. The van der Waals surface area contributed by atoms with Crippen LogP contribution in [-0.2, 0) is 22.7 Å². The highest BCUT2D eigenvalue weighted by Crippen LogP contribution is 2.27. The Labute approximate surface area is 139 Å². The molecule has 0 aliphatic carbocycles. The maximum Gasteiger partial charge on any atom is 0.374 e. The van der Waals surface area contributed by atoms with Crippen LogP contribution in [0.3, 0.4) is 0 Å². The first-order chi connectivity index (χ1) is 11.7. The van der Waals surface area contributed by atoms with Gasteiger partial charge in [-0.1, -0.05) is 30.3 Å². The first-order valence-electron chi connectivity index (χ1n) is 7.38. The average molecular weight is 321 g/mol. The molecule has 5 heteroatoms. The summed E-state index contributed by atoms with van der Waals surface area (Å²) < 4.78 is 16.1. The molecule has 0 amide bonds. The van der Waals surface area contributed by atoms with Crippen molar-refractivity contribution in [3.8, 4) is 6.07 Å². The van der Waals surface area contributed by atoms with Gasteiger partial charge in [-0.2, -0.15) is 5.26 Å². The van der Waals surface area contributed by atoms with Crippen LogP contribution in [0, 0.1) is 11.3 Å². The summed E-state index contributed by atoms with van der Waals surface area (Å²) in [5.74, 6) is -0.407. The normalized spacial score (nSPS) is 10.5. The van der Waals surface area contributed by atoms with Gasteiger partial charge < -0.3 is 13.9 Å². The second-order valence-electron chi connectivity index (χ2n) is 5.23. The van der Waals surface area contributed by atoms with Gasteiger partial charge in [-0.15, -0.1) is 0 Å². The molecule has 120 valence electrons. The lowest BCUT2D eigenvalue weighted by atomic mass is 10.1. The third kappa shape index (κ3) is 3.14. The minimum atomic E-state index is -0.555. The van der Waals surface area contributed by atoms with Crippen LogP contribution in [0.4, 0.5) is 0 Å². The number of para-hydroxylation sites is 1. The van der Waals surface area contributed by atoms with Crippen molar-refractivity contribution in [2.24, 2.45) is 0 Å². The maximum atomic E-state index is 12.4. The van der Waals surface area contributed by atoms with Gasteiger partial charge in [0.1, 0.15) is 12.2 Å². The molecule has 0 N–H and O–H groups in total. The number of fused-ring (bicyclic) bond motifs is 1. The number of carbonyl (C=O) groups is 1. The number of nitrogens with zero attached hydrogens (tertiary/aromatic N) is 1. The van der Waals surface area contributed by atoms with Crippen molar-refractivity contribution in [2.75, 3.05) is 7.11 Å². The van der Waals surface area contributed by atoms with Crippen LogP contribution in [-0.4, -0.2) is 13.1 Å². The van der Waals surface area contributed by atoms with E-state index in [9.17, 15) is 4.79 Å². The summed E-state index contributed by atoms with van der Waals surface area (Å²) in [5, 5.41) is 9.74. The zero-order valence-electron chi connectivity index (χ0n) is 13.1. The lowest BCUT2D eigenvalue weighted by Gasteiger charge is -2.05. The van der Waals surface area contributed by atoms with Crippen LogP contribution in [0.1, 0.15) is 27.2 Å². The maximum absolute atomic E-state index is 12.4. The van der Waals surface area contributed by atoms with Gasteiger partial charge in [0.25, 0.3) is 0 Å². The van der Waals surface area contributed by atoms with Crippen LogP contribution < -0.4 is 0 Å². The molecule has 0 fully saturated rings. The second kappa shape index (κ2) is 6.99. The van der Waals surface area contributed by atoms with E-state index in [-0.39, 0.29) is 19.0 Å². The standard InChI is InChI=1S/C19H15NO4/c1-22-12-16-15-7-2-3-8-17(15)24-18(16)19(21)23-11-14-6-4-5-13(9-14)10-20/h2-9H,11-12H2,1H3. The third-order valence-electron chi connectivity index (χ3n) is 3.60. The van der Waals surface area contributed by atoms with Crippen molar-refractivity contribution in [2.45, 2.75) is 13.2 Å². The highest BCUT2D eigenvalue weighted by atomic mass is 16.5. The summed E-state index contributed by atoms with van der Waals surface area (Å²) in [6.07, 6.45) is 0. The van der Waals surface area contributed by atoms with Crippen LogP contribution >= 0.6 is 0 Å². The number of esters is 1. The Morgan fingerprint density at radius 1 is 1.17 bits per heavy atom. The van der Waals surface area contributed by atoms with Crippen molar-refractivity contribution in [3.63, 3.8) is 0 Å². The fraction of sp³-hybridized carbons (Fsp3) is 0.158. The van der Waals surface area contributed by atoms with E-state index in [1.165, 1.54) is 0 Å². The fourth-order valence-corrected chi connectivity index (χ4v) is 2.50. The minimum absolute atomic E-state index is 0.0673. The van der Waals surface area contributed by atoms with Gasteiger partial charge in [0.15, 0.2) is 0 Å². The Balaban J connectivity index is 1.83. The summed E-state index contributed by atoms with van der Waals surface area (Å²) >= 11 is 0. The molecule has 0 aliphatic heterocycles. The molecule has 0 atom stereocenters. The number of ether oxygens (including phenoxy) is 2. The van der Waals surface area contributed by atoms with E-state index in [1.54, 1.807) is 37.4 Å². The molecule has 5 nitrogen and oxygen atoms in total. The second-order valence-corrected chi connectivity index (χ2v) is 5.23. The van der Waals surface area contributed by atoms with E-state index in [1.807, 2.05) is 18.2 Å². The monoisotopic (exact) mass is 321 g/mol. The lowest BCUT2D eigenvalue weighted by molar-refractivity contribution is 0.0432. The summed E-state index contributed by atoms with van der Waals surface area (Å²) in [6, 6.07) is 16.4. The molecule has 0 saturated heterocycles. The van der Waals surface area contributed by atoms with E-state index in [2.05, 4.69) is 6.07 Å². The minimum Gasteiger partial charge on any atom is -0.455 e. The van der Waals surface area contributed by atoms with Gasteiger partial charge in [-0.05, 0) is 23.8 Å². The van der Waals surface area contributed by atoms with E-state index in [0.29, 0.717) is 16.7 Å². The lowest BCUT2D eigenvalue weighted by Crippen LogP contribution is -2.07. The predicted octanol–water partition coefficient (Wildman–Crippen LogP) is 3.81. The molecule has 0 unspecified atom stereocenters. The largest absolute Gasteiger partial charge is 0.455 e. The van der Waals surface area contributed by atoms with Crippen LogP contribution in [0.15, 0.2) is 52.9 Å². The van der Waals surface area contributed by atoms with E-state index in [4.69, 9.17) is 19.2 Å². The molecule has 0 aliphatic rings. The van der Waals surface area contributed by atoms with Gasteiger partial charge in [-0.25, -0.2) is 4.79 Å². The van der Waals surface area contributed by atoms with Crippen LogP contribution in [0.2, 0.25) is 0 Å². The molecule has 3 aromatic rings. The first-order valence-corrected chi connectivity index (χ1v) is 7.38. The van der Waals surface area contributed by atoms with Crippen molar-refractivity contribution >= 4 is 16.9 Å². The molecule has 0 spiro atoms. The third-order valence-corrected chi connectivity index (χ3v) is 3.60. The van der Waals surface area contributed by atoms with Crippen LogP contribution in [0.25, 0.3) is 11.0 Å². The summed E-state index contributed by atoms with van der Waals surface area (Å²) in [4.78, 5) is 12.4. The Bertz CT molecular complexity index is 921. The van der Waals surface area contributed by atoms with Crippen molar-refractivity contribution in [1.29, 1.82) is 5.26 Å². The number of furan rings is 1. The number of benzene rings is 2. The highest BCUT2D eigenvalue weighted by molar-refractivity contribution is 5.96. The quantitative estimate of drug-likeness (QED) is 0.668.